The first-order chi connectivity index (χ1) is 5.47. The summed E-state index contributed by atoms with van der Waals surface area (Å²) in [5.74, 6) is 0.825. The van der Waals surface area contributed by atoms with Gasteiger partial charge < -0.3 is 17.0 Å². The zero-order valence-corrected chi connectivity index (χ0v) is 7.77. The number of halogens is 1. The second-order valence-electron chi connectivity index (χ2n) is 2.19. The molecule has 1 aromatic rings. The first-order valence-corrected chi connectivity index (χ1v) is 3.33. The Morgan fingerprint density at radius 2 is 1.83 bits per heavy atom. The van der Waals surface area contributed by atoms with Gasteiger partial charge in [0.1, 0.15) is 0 Å². The molecule has 0 saturated carbocycles. The van der Waals surface area contributed by atoms with E-state index < -0.39 is 0 Å². The van der Waals surface area contributed by atoms with Crippen molar-refractivity contribution in [3.63, 3.8) is 0 Å². The first-order valence-electron chi connectivity index (χ1n) is 3.33. The molecule has 0 spiro atoms. The smallest absolute Gasteiger partial charge is 0.280 e. The summed E-state index contributed by atoms with van der Waals surface area (Å²) in [6, 6.07) is 9.85. The molecule has 4 nitrogen and oxygen atoms in total. The summed E-state index contributed by atoms with van der Waals surface area (Å²) in [6.07, 6.45) is 0. The Labute approximate surface area is 80.1 Å². The van der Waals surface area contributed by atoms with Crippen LogP contribution in [0, 0.1) is 0 Å². The molecule has 0 saturated heterocycles. The largest absolute Gasteiger partial charge is 1.00 e. The average molecular weight is 227 g/mol. The third-order valence-electron chi connectivity index (χ3n) is 1.45. The molecule has 0 bridgehead atoms. The van der Waals surface area contributed by atoms with Gasteiger partial charge in [-0.1, -0.05) is 23.3 Å². The van der Waals surface area contributed by atoms with E-state index in [1.807, 2.05) is 30.3 Å². The van der Waals surface area contributed by atoms with Crippen molar-refractivity contribution in [2.75, 3.05) is 0 Å². The summed E-state index contributed by atoms with van der Waals surface area (Å²) in [7, 11) is 0. The van der Waals surface area contributed by atoms with Gasteiger partial charge in [-0.2, -0.15) is 0 Å². The van der Waals surface area contributed by atoms with Crippen molar-refractivity contribution < 1.29 is 22.4 Å². The van der Waals surface area contributed by atoms with E-state index in [9.17, 15) is 0 Å². The molecule has 1 aliphatic rings. The molecule has 0 radical (unpaired) electrons. The minimum absolute atomic E-state index is 0. The standard InChI is InChI=1S/C7H6N4.BrH/c1-2-4-6(5-3-1)7-8-10-11-9-7;/h1-5H,(H,8,9,10,11);1H. The van der Waals surface area contributed by atoms with Crippen LogP contribution in [-0.4, -0.2) is 5.84 Å². The quantitative estimate of drug-likeness (QED) is 0.507. The Hall–Kier alpha value is -1.07. The van der Waals surface area contributed by atoms with Crippen LogP contribution in [0.5, 0.6) is 0 Å². The number of amidine groups is 1. The van der Waals surface area contributed by atoms with Crippen LogP contribution in [0.4, 0.5) is 0 Å². The SMILES string of the molecule is [Br-].c1ccc(C2=NN=N[NH2+]2)cc1. The molecule has 0 atom stereocenters. The van der Waals surface area contributed by atoms with Crippen molar-refractivity contribution in [3.8, 4) is 0 Å². The maximum absolute atomic E-state index is 3.83. The lowest BCUT2D eigenvalue weighted by atomic mass is 10.2. The van der Waals surface area contributed by atoms with Crippen LogP contribution < -0.4 is 22.4 Å². The molecule has 1 heterocycles. The number of hydrogen-bond donors (Lipinski definition) is 1. The molecule has 0 aliphatic carbocycles. The van der Waals surface area contributed by atoms with E-state index in [-0.39, 0.29) is 17.0 Å². The zero-order valence-electron chi connectivity index (χ0n) is 6.18. The van der Waals surface area contributed by atoms with E-state index in [2.05, 4.69) is 15.5 Å². The fourth-order valence-corrected chi connectivity index (χ4v) is 0.922. The molecular formula is C7H7BrN4. The number of nitrogens with zero attached hydrogens (tertiary/aromatic N) is 3. The molecule has 1 aliphatic heterocycles. The lowest BCUT2D eigenvalue weighted by Crippen LogP contribution is -3.00. The summed E-state index contributed by atoms with van der Waals surface area (Å²) in [5.41, 5.74) is 2.70. The summed E-state index contributed by atoms with van der Waals surface area (Å²) in [6.45, 7) is 0. The summed E-state index contributed by atoms with van der Waals surface area (Å²) in [5, 5.41) is 11.0. The molecular weight excluding hydrogens is 220 g/mol. The van der Waals surface area contributed by atoms with Gasteiger partial charge in [0, 0.05) is 5.22 Å². The van der Waals surface area contributed by atoms with Gasteiger partial charge in [0.15, 0.2) is 0 Å². The monoisotopic (exact) mass is 226 g/mol. The molecule has 2 rings (SSSR count). The maximum atomic E-state index is 3.83. The third-order valence-corrected chi connectivity index (χ3v) is 1.45. The van der Waals surface area contributed by atoms with Crippen LogP contribution in [0.25, 0.3) is 0 Å². The van der Waals surface area contributed by atoms with Gasteiger partial charge in [0.25, 0.3) is 5.84 Å². The van der Waals surface area contributed by atoms with Crippen LogP contribution >= 0.6 is 0 Å². The minimum atomic E-state index is 0. The number of benzene rings is 1. The highest BCUT2D eigenvalue weighted by molar-refractivity contribution is 5.91. The molecule has 1 aromatic carbocycles. The Morgan fingerprint density at radius 1 is 1.08 bits per heavy atom. The molecule has 12 heavy (non-hydrogen) atoms. The van der Waals surface area contributed by atoms with Gasteiger partial charge in [0.2, 0.25) is 0 Å². The van der Waals surface area contributed by atoms with Crippen molar-refractivity contribution >= 4 is 5.84 Å². The summed E-state index contributed by atoms with van der Waals surface area (Å²) < 4.78 is 0. The Kier molecular flexibility index (Phi) is 3.07. The highest BCUT2D eigenvalue weighted by Gasteiger charge is 2.10. The Morgan fingerprint density at radius 3 is 2.42 bits per heavy atom. The van der Waals surface area contributed by atoms with Gasteiger partial charge in [-0.25, -0.2) is 0 Å². The van der Waals surface area contributed by atoms with Gasteiger partial charge in [-0.3, -0.25) is 0 Å². The second-order valence-corrected chi connectivity index (χ2v) is 2.19. The summed E-state index contributed by atoms with van der Waals surface area (Å²) >= 11 is 0. The minimum Gasteiger partial charge on any atom is -1.00 e. The molecule has 0 unspecified atom stereocenters. The van der Waals surface area contributed by atoms with Gasteiger partial charge in [-0.15, -0.1) is 5.43 Å². The van der Waals surface area contributed by atoms with Crippen LogP contribution in [0.3, 0.4) is 0 Å². The van der Waals surface area contributed by atoms with Crippen molar-refractivity contribution in [3.05, 3.63) is 35.9 Å². The Bertz CT molecular complexity index is 306. The van der Waals surface area contributed by atoms with E-state index in [0.717, 1.165) is 11.4 Å². The number of quaternary nitrogens is 1. The molecule has 62 valence electrons. The van der Waals surface area contributed by atoms with Crippen LogP contribution in [0.1, 0.15) is 5.56 Å². The van der Waals surface area contributed by atoms with E-state index >= 15 is 0 Å². The Balaban J connectivity index is 0.000000720. The number of hydrogen-bond acceptors (Lipinski definition) is 3. The molecule has 0 aromatic heterocycles. The predicted octanol–water partition coefficient (Wildman–Crippen LogP) is -2.70. The topological polar surface area (TPSA) is 53.7 Å². The summed E-state index contributed by atoms with van der Waals surface area (Å²) in [4.78, 5) is 0. The maximum Gasteiger partial charge on any atom is 0.280 e. The van der Waals surface area contributed by atoms with Crippen LogP contribution in [0.15, 0.2) is 45.9 Å². The van der Waals surface area contributed by atoms with Gasteiger partial charge in [0.05, 0.1) is 10.8 Å². The fraction of sp³-hybridized carbons (Fsp3) is 0. The number of nitrogens with two attached hydrogens (primary N) is 1. The molecule has 2 N–H and O–H groups in total. The van der Waals surface area contributed by atoms with E-state index in [1.165, 1.54) is 0 Å². The zero-order chi connectivity index (χ0) is 7.52. The van der Waals surface area contributed by atoms with E-state index in [4.69, 9.17) is 0 Å². The fourth-order valence-electron chi connectivity index (χ4n) is 0.922. The lowest BCUT2D eigenvalue weighted by molar-refractivity contribution is -0.546. The lowest BCUT2D eigenvalue weighted by Gasteiger charge is -1.90. The molecule has 0 fully saturated rings. The molecule has 5 heteroatoms. The van der Waals surface area contributed by atoms with Gasteiger partial charge >= 0.3 is 0 Å². The van der Waals surface area contributed by atoms with Crippen molar-refractivity contribution in [2.24, 2.45) is 15.5 Å². The molecule has 0 amide bonds. The second kappa shape index (κ2) is 4.08. The first kappa shape index (κ1) is 9.02. The van der Waals surface area contributed by atoms with Gasteiger partial charge in [-0.05, 0) is 12.1 Å². The highest BCUT2D eigenvalue weighted by Crippen LogP contribution is 1.98. The normalized spacial score (nSPS) is 13.8. The van der Waals surface area contributed by atoms with Crippen molar-refractivity contribution in [1.82, 2.24) is 0 Å². The van der Waals surface area contributed by atoms with Crippen molar-refractivity contribution in [2.45, 2.75) is 0 Å². The van der Waals surface area contributed by atoms with Crippen LogP contribution in [0.2, 0.25) is 0 Å². The third kappa shape index (κ3) is 1.75. The van der Waals surface area contributed by atoms with E-state index in [1.54, 1.807) is 5.43 Å². The van der Waals surface area contributed by atoms with Crippen molar-refractivity contribution in [1.29, 1.82) is 0 Å². The van der Waals surface area contributed by atoms with E-state index in [0.29, 0.717) is 0 Å². The predicted molar refractivity (Wildman–Crippen MR) is 39.8 cm³/mol. The average Bonchev–Trinajstić information content (AvgIpc) is 2.58. The number of rotatable bonds is 1. The van der Waals surface area contributed by atoms with Crippen LogP contribution in [-0.2, 0) is 0 Å². The highest BCUT2D eigenvalue weighted by atomic mass is 79.9.